The van der Waals surface area contributed by atoms with Gasteiger partial charge in [-0.15, -0.1) is 0 Å². The van der Waals surface area contributed by atoms with Crippen molar-refractivity contribution in [1.82, 2.24) is 0 Å². The first kappa shape index (κ1) is 25.7. The van der Waals surface area contributed by atoms with E-state index in [1.165, 1.54) is 12.2 Å². The van der Waals surface area contributed by atoms with Crippen LogP contribution in [-0.4, -0.2) is 5.78 Å². The Labute approximate surface area is 142 Å². The quantitative estimate of drug-likeness (QED) is 0.538. The second kappa shape index (κ2) is 19.7. The van der Waals surface area contributed by atoms with Gasteiger partial charge in [-0.05, 0) is 42.0 Å². The molecule has 128 valence electrons. The number of hydrogen-bond donors (Lipinski definition) is 0. The molecule has 0 N–H and O–H groups in total. The molecule has 0 saturated heterocycles. The van der Waals surface area contributed by atoms with E-state index in [9.17, 15) is 4.79 Å². The van der Waals surface area contributed by atoms with Gasteiger partial charge in [-0.2, -0.15) is 10.2 Å². The fraction of sp³-hybridized carbons (Fsp3) is 0.350. The zero-order valence-corrected chi connectivity index (χ0v) is 14.6. The van der Waals surface area contributed by atoms with Gasteiger partial charge in [0.1, 0.15) is 0 Å². The summed E-state index contributed by atoms with van der Waals surface area (Å²) in [5, 5.41) is 7.95. The lowest BCUT2D eigenvalue weighted by atomic mass is 10.1. The molecule has 1 aliphatic carbocycles. The number of hydrogen-bond acceptors (Lipinski definition) is 3. The lowest BCUT2D eigenvalue weighted by Gasteiger charge is -1.95. The molecule has 3 heteroatoms. The van der Waals surface area contributed by atoms with Crippen molar-refractivity contribution in [1.29, 1.82) is 0 Å². The number of allylic oxidation sites excluding steroid dienone is 5. The maximum atomic E-state index is 10.8. The van der Waals surface area contributed by atoms with Crippen LogP contribution in [0, 0.1) is 0 Å². The zero-order valence-electron chi connectivity index (χ0n) is 14.6. The minimum absolute atomic E-state index is 0. The summed E-state index contributed by atoms with van der Waals surface area (Å²) in [6, 6.07) is 9.48. The molecule has 0 aromatic heterocycles. The average Bonchev–Trinajstić information content (AvgIpc) is 2.63. The highest BCUT2D eigenvalue weighted by Gasteiger charge is 1.96. The zero-order chi connectivity index (χ0) is 17.2. The average molecular weight is 316 g/mol. The molecule has 1 aromatic rings. The lowest BCUT2D eigenvalue weighted by molar-refractivity contribution is -0.110. The Bertz CT molecular complexity index is 480. The van der Waals surface area contributed by atoms with E-state index in [1.54, 1.807) is 18.4 Å². The molecule has 23 heavy (non-hydrogen) atoms. The van der Waals surface area contributed by atoms with Gasteiger partial charge in [0.05, 0.1) is 11.9 Å². The third kappa shape index (κ3) is 13.1. The van der Waals surface area contributed by atoms with Crippen molar-refractivity contribution in [3.05, 3.63) is 66.4 Å². The number of nitrogens with zero attached hydrogens (tertiary/aromatic N) is 2. The molecule has 0 saturated carbocycles. The van der Waals surface area contributed by atoms with E-state index in [1.807, 2.05) is 71.9 Å². The minimum atomic E-state index is -0.00264. The fourth-order valence-corrected chi connectivity index (χ4v) is 1.21. The van der Waals surface area contributed by atoms with Crippen LogP contribution in [0.5, 0.6) is 0 Å². The molecule has 0 fully saturated rings. The summed E-state index contributed by atoms with van der Waals surface area (Å²) in [6.45, 7) is 12.0. The van der Waals surface area contributed by atoms with Crippen LogP contribution >= 0.6 is 0 Å². The molecule has 1 aliphatic rings. The van der Waals surface area contributed by atoms with Gasteiger partial charge >= 0.3 is 0 Å². The van der Waals surface area contributed by atoms with Crippen molar-refractivity contribution in [2.24, 2.45) is 10.2 Å². The summed E-state index contributed by atoms with van der Waals surface area (Å²) >= 11 is 0. The van der Waals surface area contributed by atoms with Gasteiger partial charge in [0.2, 0.25) is 0 Å². The third-order valence-corrected chi connectivity index (χ3v) is 2.02. The largest absolute Gasteiger partial charge is 0.290 e. The second-order valence-corrected chi connectivity index (χ2v) is 3.25. The Morgan fingerprint density at radius 3 is 1.74 bits per heavy atom. The predicted molar refractivity (Wildman–Crippen MR) is 103 cm³/mol. The summed E-state index contributed by atoms with van der Waals surface area (Å²) in [6.07, 6.45) is 8.05. The Kier molecular flexibility index (Phi) is 22.0. The third-order valence-electron chi connectivity index (χ3n) is 2.02. The molecule has 3 nitrogen and oxygen atoms in total. The highest BCUT2D eigenvalue weighted by Crippen LogP contribution is 2.11. The predicted octanol–water partition coefficient (Wildman–Crippen LogP) is 7.06. The van der Waals surface area contributed by atoms with Gasteiger partial charge in [-0.3, -0.25) is 4.79 Å². The van der Waals surface area contributed by atoms with E-state index in [4.69, 9.17) is 0 Å². The molecule has 1 aromatic carbocycles. The molecule has 0 heterocycles. The standard InChI is InChI=1S/C13H10N2O.3C2H6.CH4/c16-13-8-6-11(7-9-13)10-14-15-12-4-2-1-3-5-12;3*1-2;/h1-10H;3*1-2H3;1H4. The van der Waals surface area contributed by atoms with E-state index in [-0.39, 0.29) is 13.2 Å². The maximum Gasteiger partial charge on any atom is 0.178 e. The smallest absolute Gasteiger partial charge is 0.178 e. The van der Waals surface area contributed by atoms with Crippen molar-refractivity contribution < 1.29 is 4.79 Å². The maximum absolute atomic E-state index is 10.8. The molecule has 2 rings (SSSR count). The van der Waals surface area contributed by atoms with Crippen LogP contribution in [0.4, 0.5) is 5.69 Å². The van der Waals surface area contributed by atoms with Crippen LogP contribution in [-0.2, 0) is 4.79 Å². The molecule has 0 aliphatic heterocycles. The van der Waals surface area contributed by atoms with Gasteiger partial charge in [-0.25, -0.2) is 0 Å². The Morgan fingerprint density at radius 2 is 1.26 bits per heavy atom. The molecule has 0 bridgehead atoms. The van der Waals surface area contributed by atoms with Crippen molar-refractivity contribution in [2.45, 2.75) is 49.0 Å². The van der Waals surface area contributed by atoms with E-state index in [0.29, 0.717) is 0 Å². The normalized spacial score (nSPS) is 11.0. The van der Waals surface area contributed by atoms with Gasteiger partial charge in [-0.1, -0.05) is 67.2 Å². The summed E-state index contributed by atoms with van der Waals surface area (Å²) in [5.74, 6) is -0.00264. The van der Waals surface area contributed by atoms with E-state index >= 15 is 0 Å². The van der Waals surface area contributed by atoms with Crippen molar-refractivity contribution in [3.8, 4) is 0 Å². The number of carbonyl (C=O) groups excluding carboxylic acids is 1. The van der Waals surface area contributed by atoms with Gasteiger partial charge in [0.25, 0.3) is 0 Å². The number of azo groups is 1. The van der Waals surface area contributed by atoms with Crippen LogP contribution in [0.2, 0.25) is 0 Å². The summed E-state index contributed by atoms with van der Waals surface area (Å²) < 4.78 is 0. The second-order valence-electron chi connectivity index (χ2n) is 3.25. The van der Waals surface area contributed by atoms with Crippen molar-refractivity contribution in [3.63, 3.8) is 0 Å². The number of carbonyl (C=O) groups is 1. The number of ketones is 1. The Morgan fingerprint density at radius 1 is 0.783 bits per heavy atom. The molecular weight excluding hydrogens is 284 g/mol. The summed E-state index contributed by atoms with van der Waals surface area (Å²) in [4.78, 5) is 10.8. The number of benzene rings is 1. The van der Waals surface area contributed by atoms with E-state index < -0.39 is 0 Å². The molecule has 0 unspecified atom stereocenters. The minimum Gasteiger partial charge on any atom is -0.290 e. The van der Waals surface area contributed by atoms with E-state index in [0.717, 1.165) is 11.3 Å². The molecule has 0 spiro atoms. The highest BCUT2D eigenvalue weighted by atomic mass is 16.1. The van der Waals surface area contributed by atoms with Gasteiger partial charge in [0.15, 0.2) is 5.78 Å². The van der Waals surface area contributed by atoms with Crippen LogP contribution in [0.1, 0.15) is 49.0 Å². The SMILES string of the molecule is C.CC.CC.CC.O=C1C=CC(=CN=Nc2ccccc2)C=C1. The molecular formula is C20H32N2O. The topological polar surface area (TPSA) is 41.8 Å². The van der Waals surface area contributed by atoms with Crippen LogP contribution in [0.3, 0.4) is 0 Å². The summed E-state index contributed by atoms with van der Waals surface area (Å²) in [7, 11) is 0. The first-order valence-electron chi connectivity index (χ1n) is 7.91. The van der Waals surface area contributed by atoms with Gasteiger partial charge < -0.3 is 0 Å². The first-order valence-corrected chi connectivity index (χ1v) is 7.91. The Hall–Kier alpha value is -2.29. The molecule has 0 radical (unpaired) electrons. The van der Waals surface area contributed by atoms with Gasteiger partial charge in [0, 0.05) is 0 Å². The monoisotopic (exact) mass is 316 g/mol. The molecule has 0 amide bonds. The van der Waals surface area contributed by atoms with Crippen LogP contribution < -0.4 is 0 Å². The van der Waals surface area contributed by atoms with Crippen LogP contribution in [0.25, 0.3) is 0 Å². The van der Waals surface area contributed by atoms with Crippen molar-refractivity contribution >= 4 is 11.5 Å². The Balaban J connectivity index is -0.000000514. The number of rotatable bonds is 2. The van der Waals surface area contributed by atoms with E-state index in [2.05, 4.69) is 10.2 Å². The van der Waals surface area contributed by atoms with Crippen LogP contribution in [0.15, 0.2) is 76.6 Å². The first-order chi connectivity index (χ1) is 10.8. The highest BCUT2D eigenvalue weighted by molar-refractivity contribution is 6.01. The fourth-order valence-electron chi connectivity index (χ4n) is 1.21. The summed E-state index contributed by atoms with van der Waals surface area (Å²) in [5.41, 5.74) is 1.67. The lowest BCUT2D eigenvalue weighted by Crippen LogP contribution is -1.90. The van der Waals surface area contributed by atoms with Crippen molar-refractivity contribution in [2.75, 3.05) is 0 Å². The molecule has 0 atom stereocenters.